The topological polar surface area (TPSA) is 84.2 Å². The molecule has 0 saturated carbocycles. The molecule has 3 aromatic rings. The minimum absolute atomic E-state index is 0.227. The van der Waals surface area contributed by atoms with Gasteiger partial charge in [0.2, 0.25) is 0 Å². The molecule has 6 nitrogen and oxygen atoms in total. The van der Waals surface area contributed by atoms with Crippen molar-refractivity contribution in [2.75, 3.05) is 17.8 Å². The van der Waals surface area contributed by atoms with Gasteiger partial charge < -0.3 is 9.84 Å². The largest absolute Gasteiger partial charge is 0.356 e. The van der Waals surface area contributed by atoms with E-state index in [-0.39, 0.29) is 4.90 Å². The quantitative estimate of drug-likeness (QED) is 0.678. The van der Waals surface area contributed by atoms with E-state index < -0.39 is 10.0 Å². The van der Waals surface area contributed by atoms with E-state index in [0.717, 1.165) is 42.9 Å². The third-order valence-electron chi connectivity index (χ3n) is 5.10. The van der Waals surface area contributed by atoms with E-state index >= 15 is 0 Å². The number of rotatable bonds is 6. The van der Waals surface area contributed by atoms with Crippen molar-refractivity contribution in [3.8, 4) is 0 Å². The minimum Gasteiger partial charge on any atom is -0.356 e. The Kier molecular flexibility index (Phi) is 5.13. The first-order valence-corrected chi connectivity index (χ1v) is 10.8. The summed E-state index contributed by atoms with van der Waals surface area (Å²) in [5.41, 5.74) is 2.01. The predicted molar refractivity (Wildman–Crippen MR) is 105 cm³/mol. The van der Waals surface area contributed by atoms with Crippen LogP contribution >= 0.6 is 0 Å². The van der Waals surface area contributed by atoms with Gasteiger partial charge in [0, 0.05) is 11.5 Å². The van der Waals surface area contributed by atoms with Crippen molar-refractivity contribution in [1.82, 2.24) is 10.5 Å². The Hall–Kier alpha value is -2.38. The summed E-state index contributed by atoms with van der Waals surface area (Å²) in [6.07, 6.45) is 4.40. The fraction of sp³-hybridized carbons (Fsp3) is 0.350. The Morgan fingerprint density at radius 3 is 2.67 bits per heavy atom. The molecule has 0 amide bonds. The Balaban J connectivity index is 1.48. The molecule has 4 rings (SSSR count). The van der Waals surface area contributed by atoms with Gasteiger partial charge in [0.05, 0.1) is 16.3 Å². The van der Waals surface area contributed by atoms with E-state index in [9.17, 15) is 8.42 Å². The van der Waals surface area contributed by atoms with E-state index in [1.165, 1.54) is 12.8 Å². The smallest absolute Gasteiger partial charge is 0.261 e. The molecule has 1 aliphatic rings. The molecule has 1 aromatic heterocycles. The van der Waals surface area contributed by atoms with E-state index in [4.69, 9.17) is 4.52 Å². The van der Waals surface area contributed by atoms with Gasteiger partial charge in [-0.3, -0.25) is 4.72 Å². The number of aromatic nitrogens is 1. The lowest BCUT2D eigenvalue weighted by Crippen LogP contribution is -2.27. The van der Waals surface area contributed by atoms with E-state index in [0.29, 0.717) is 11.3 Å². The molecule has 1 aliphatic heterocycles. The number of piperidine rings is 1. The summed E-state index contributed by atoms with van der Waals surface area (Å²) in [5, 5.41) is 8.54. The van der Waals surface area contributed by atoms with E-state index in [1.807, 2.05) is 6.07 Å². The average Bonchev–Trinajstić information content (AvgIpc) is 3.10. The maximum absolute atomic E-state index is 12.5. The molecule has 7 heteroatoms. The third kappa shape index (κ3) is 4.14. The molecular weight excluding hydrogens is 362 g/mol. The molecule has 142 valence electrons. The van der Waals surface area contributed by atoms with Gasteiger partial charge in [0.25, 0.3) is 10.0 Å². The van der Waals surface area contributed by atoms with Gasteiger partial charge in [0.1, 0.15) is 0 Å². The second kappa shape index (κ2) is 7.70. The normalized spacial score (nSPS) is 15.9. The number of nitrogens with zero attached hydrogens (tertiary/aromatic N) is 1. The summed E-state index contributed by atoms with van der Waals surface area (Å²) in [6, 6.07) is 13.6. The molecule has 2 aromatic carbocycles. The van der Waals surface area contributed by atoms with Crippen molar-refractivity contribution in [2.24, 2.45) is 5.92 Å². The van der Waals surface area contributed by atoms with Gasteiger partial charge in [-0.1, -0.05) is 23.4 Å². The van der Waals surface area contributed by atoms with Crippen LogP contribution in [0.5, 0.6) is 0 Å². The number of fused-ring (bicyclic) bond motifs is 1. The van der Waals surface area contributed by atoms with Crippen LogP contribution in [0.25, 0.3) is 11.0 Å². The van der Waals surface area contributed by atoms with Crippen molar-refractivity contribution in [2.45, 2.75) is 30.6 Å². The van der Waals surface area contributed by atoms with Gasteiger partial charge in [0.15, 0.2) is 5.58 Å². The number of sulfonamides is 1. The predicted octanol–water partition coefficient (Wildman–Crippen LogP) is 3.56. The van der Waals surface area contributed by atoms with Gasteiger partial charge >= 0.3 is 0 Å². The van der Waals surface area contributed by atoms with Crippen LogP contribution in [0.4, 0.5) is 5.69 Å². The number of hydrogen-bond donors (Lipinski definition) is 2. The van der Waals surface area contributed by atoms with Crippen molar-refractivity contribution < 1.29 is 12.9 Å². The molecule has 0 bridgehead atoms. The van der Waals surface area contributed by atoms with Crippen molar-refractivity contribution in [3.05, 3.63) is 54.2 Å². The minimum atomic E-state index is -3.62. The van der Waals surface area contributed by atoms with Crippen LogP contribution in [0.3, 0.4) is 0 Å². The molecule has 1 saturated heterocycles. The molecule has 2 N–H and O–H groups in total. The highest BCUT2D eigenvalue weighted by molar-refractivity contribution is 7.92. The Morgan fingerprint density at radius 1 is 1.11 bits per heavy atom. The van der Waals surface area contributed by atoms with E-state index in [2.05, 4.69) is 15.2 Å². The second-order valence-electron chi connectivity index (χ2n) is 6.99. The zero-order valence-corrected chi connectivity index (χ0v) is 15.8. The first-order chi connectivity index (χ1) is 13.1. The van der Waals surface area contributed by atoms with Crippen LogP contribution in [0, 0.1) is 5.92 Å². The summed E-state index contributed by atoms with van der Waals surface area (Å²) in [6.45, 7) is 2.18. The fourth-order valence-electron chi connectivity index (χ4n) is 3.56. The van der Waals surface area contributed by atoms with Crippen LogP contribution in [0.2, 0.25) is 0 Å². The first-order valence-electron chi connectivity index (χ1n) is 9.29. The number of aryl methyl sites for hydroxylation is 1. The van der Waals surface area contributed by atoms with Gasteiger partial charge in [-0.15, -0.1) is 0 Å². The number of nitrogens with one attached hydrogen (secondary N) is 2. The van der Waals surface area contributed by atoms with Crippen molar-refractivity contribution in [3.63, 3.8) is 0 Å². The number of anilines is 1. The Labute approximate surface area is 159 Å². The van der Waals surface area contributed by atoms with Gasteiger partial charge in [-0.2, -0.15) is 0 Å². The lowest BCUT2D eigenvalue weighted by Gasteiger charge is -2.21. The summed E-state index contributed by atoms with van der Waals surface area (Å²) in [4.78, 5) is 0.227. The lowest BCUT2D eigenvalue weighted by molar-refractivity contribution is 0.350. The third-order valence-corrected chi connectivity index (χ3v) is 6.50. The number of hydrogen-bond acceptors (Lipinski definition) is 5. The van der Waals surface area contributed by atoms with E-state index in [1.54, 1.807) is 42.5 Å². The Bertz CT molecular complexity index is 1010. The monoisotopic (exact) mass is 385 g/mol. The molecule has 27 heavy (non-hydrogen) atoms. The van der Waals surface area contributed by atoms with Crippen LogP contribution in [-0.2, 0) is 16.4 Å². The van der Waals surface area contributed by atoms with Gasteiger partial charge in [-0.25, -0.2) is 8.42 Å². The van der Waals surface area contributed by atoms with Gasteiger partial charge in [-0.05, 0) is 69.0 Å². The lowest BCUT2D eigenvalue weighted by atomic mass is 9.92. The molecule has 0 unspecified atom stereocenters. The SMILES string of the molecule is O=S(=O)(Nc1ccc2c(CCC3CCNCC3)noc2c1)c1ccccc1. The highest BCUT2D eigenvalue weighted by Crippen LogP contribution is 2.26. The second-order valence-corrected chi connectivity index (χ2v) is 8.67. The molecule has 0 spiro atoms. The fourth-order valence-corrected chi connectivity index (χ4v) is 4.63. The standard InChI is InChI=1S/C20H23N3O3S/c24-27(25,17-4-2-1-3-5-17)23-16-7-8-18-19(22-26-20(18)14-16)9-6-15-10-12-21-13-11-15/h1-5,7-8,14-15,21,23H,6,9-13H2. The molecule has 0 aliphatic carbocycles. The maximum atomic E-state index is 12.5. The maximum Gasteiger partial charge on any atom is 0.261 e. The summed E-state index contributed by atoms with van der Waals surface area (Å²) < 4.78 is 33.0. The average molecular weight is 385 g/mol. The molecule has 1 fully saturated rings. The zero-order valence-electron chi connectivity index (χ0n) is 15.0. The first kappa shape index (κ1) is 18.0. The van der Waals surface area contributed by atoms with Crippen LogP contribution in [0.1, 0.15) is 25.0 Å². The number of benzene rings is 2. The summed E-state index contributed by atoms with van der Waals surface area (Å²) in [7, 11) is -3.62. The van der Waals surface area contributed by atoms with Crippen LogP contribution in [-0.4, -0.2) is 26.7 Å². The summed E-state index contributed by atoms with van der Waals surface area (Å²) >= 11 is 0. The van der Waals surface area contributed by atoms with Crippen LogP contribution in [0.15, 0.2) is 57.9 Å². The van der Waals surface area contributed by atoms with Crippen LogP contribution < -0.4 is 10.0 Å². The summed E-state index contributed by atoms with van der Waals surface area (Å²) in [5.74, 6) is 0.731. The molecule has 0 radical (unpaired) electrons. The zero-order chi connectivity index (χ0) is 18.7. The highest BCUT2D eigenvalue weighted by atomic mass is 32.2. The molecule has 2 heterocycles. The Morgan fingerprint density at radius 2 is 1.89 bits per heavy atom. The van der Waals surface area contributed by atoms with Crippen molar-refractivity contribution >= 4 is 26.7 Å². The molecular formula is C20H23N3O3S. The highest BCUT2D eigenvalue weighted by Gasteiger charge is 2.17. The molecule has 0 atom stereocenters. The van der Waals surface area contributed by atoms with Crippen molar-refractivity contribution in [1.29, 1.82) is 0 Å².